The molecule has 0 saturated carbocycles. The molecule has 13 aromatic carbocycles. The molecule has 91 heavy (non-hydrogen) atoms. The number of fused-ring (bicyclic) bond motifs is 10. The summed E-state index contributed by atoms with van der Waals surface area (Å²) in [6.07, 6.45) is 2.90. The number of unbranched alkanes of at least 4 members (excludes halogenated alkanes) is 1. The molecule has 0 aliphatic carbocycles. The first-order valence-electron chi connectivity index (χ1n) is 32.2. The number of rotatable bonds is 11. The topological polar surface area (TPSA) is 33.3 Å². The van der Waals surface area contributed by atoms with Crippen LogP contribution in [0, 0.1) is 0 Å². The Morgan fingerprint density at radius 3 is 1.53 bits per heavy atom. The maximum Gasteiger partial charge on any atom is 0.252 e. The lowest BCUT2D eigenvalue weighted by Crippen LogP contribution is -2.60. The Kier molecular flexibility index (Phi) is 13.0. The highest BCUT2D eigenvalue weighted by Gasteiger charge is 2.44. The van der Waals surface area contributed by atoms with E-state index < -0.39 is 0 Å². The van der Waals surface area contributed by atoms with Gasteiger partial charge in [0, 0.05) is 72.2 Å². The number of anilines is 5. The van der Waals surface area contributed by atoms with Gasteiger partial charge in [0.05, 0.1) is 16.7 Å². The van der Waals surface area contributed by atoms with Crippen LogP contribution in [0.1, 0.15) is 51.7 Å². The highest BCUT2D eigenvalue weighted by molar-refractivity contribution is 7.00. The van der Waals surface area contributed by atoms with Crippen molar-refractivity contribution in [1.82, 2.24) is 4.57 Å². The van der Waals surface area contributed by atoms with Crippen LogP contribution in [0.5, 0.6) is 0 Å². The molecule has 4 heterocycles. The van der Waals surface area contributed by atoms with Gasteiger partial charge in [-0.1, -0.05) is 253 Å². The fourth-order valence-electron chi connectivity index (χ4n) is 15.0. The van der Waals surface area contributed by atoms with Gasteiger partial charge in [-0.25, -0.2) is 0 Å². The summed E-state index contributed by atoms with van der Waals surface area (Å²) >= 11 is 0. The summed E-state index contributed by atoms with van der Waals surface area (Å²) in [5, 5.41) is 9.16. The van der Waals surface area contributed by atoms with Gasteiger partial charge in [-0.05, 0) is 157 Å². The van der Waals surface area contributed by atoms with Crippen LogP contribution >= 0.6 is 0 Å². The van der Waals surface area contributed by atoms with Gasteiger partial charge in [0.15, 0.2) is 0 Å². The molecule has 0 amide bonds. The monoisotopic (exact) mass is 1170 g/mol. The summed E-state index contributed by atoms with van der Waals surface area (Å²) < 4.78 is 9.64. The first kappa shape index (κ1) is 54.3. The predicted octanol–water partition coefficient (Wildman–Crippen LogP) is 21.7. The Hall–Kier alpha value is -10.9. The minimum atomic E-state index is -0.248. The summed E-state index contributed by atoms with van der Waals surface area (Å²) in [6.45, 7) is 9.18. The summed E-state index contributed by atoms with van der Waals surface area (Å²) in [6, 6.07) is 106. The standard InChI is InChI=1S/C86H66BN3O/c1-5-6-38-67-81(68(57-32-16-9-17-33-57)54-71-66-41-24-27-44-80(66)91-85(67)71)72-49-61(56-30-14-8-15-31-56)50-74-83(72)88-75-51-62(86(2,3)4)52-79-82(75)87(74)73-46-45-63(89-76-42-25-22-39-64(76)65-40-23-26-43-77(65)89)53-78(73)90(79)84-69(58-34-18-10-19-35-58)47-60(55-28-12-7-13-29-55)48-70(84)59-36-20-11-21-37-59/h7-37,39-54,88H,5-6,38H2,1-4H3. The van der Waals surface area contributed by atoms with Crippen LogP contribution in [0.4, 0.5) is 28.4 Å². The van der Waals surface area contributed by atoms with Gasteiger partial charge in [-0.15, -0.1) is 0 Å². The highest BCUT2D eigenvalue weighted by atomic mass is 16.3. The van der Waals surface area contributed by atoms with Gasteiger partial charge in [-0.3, -0.25) is 0 Å². The van der Waals surface area contributed by atoms with E-state index in [-0.39, 0.29) is 12.1 Å². The van der Waals surface area contributed by atoms with E-state index >= 15 is 0 Å². The molecule has 434 valence electrons. The highest BCUT2D eigenvalue weighted by Crippen LogP contribution is 2.53. The summed E-state index contributed by atoms with van der Waals surface area (Å²) in [7, 11) is 0. The lowest BCUT2D eigenvalue weighted by molar-refractivity contribution is 0.591. The number of benzene rings is 13. The molecule has 4 nitrogen and oxygen atoms in total. The number of nitrogens with one attached hydrogen (secondary N) is 1. The van der Waals surface area contributed by atoms with Crippen molar-refractivity contribution in [2.24, 2.45) is 0 Å². The van der Waals surface area contributed by atoms with Gasteiger partial charge in [0.1, 0.15) is 11.2 Å². The SMILES string of the molecule is CCCCc1c(-c2cc(-c3ccccc3)cc3c2Nc2cc(C(C)(C)C)cc4c2B3c2ccc(-n3c5ccccc5c5ccccc53)cc2N4c2c(-c3ccccc3)cc(-c3ccccc3)cc2-c2ccccc2)c(-c2ccccc2)cc2c1oc1ccccc12. The molecule has 0 atom stereocenters. The molecule has 5 heteroatoms. The fraction of sp³-hybridized carbons (Fsp3) is 0.0930. The Labute approximate surface area is 532 Å². The number of para-hydroxylation sites is 3. The van der Waals surface area contributed by atoms with Crippen LogP contribution in [-0.4, -0.2) is 11.3 Å². The molecule has 2 aromatic heterocycles. The Morgan fingerprint density at radius 1 is 0.429 bits per heavy atom. The van der Waals surface area contributed by atoms with Crippen LogP contribution < -0.4 is 26.6 Å². The van der Waals surface area contributed by atoms with Crippen LogP contribution in [0.2, 0.25) is 0 Å². The molecule has 15 aromatic rings. The number of furan rings is 1. The zero-order valence-electron chi connectivity index (χ0n) is 51.6. The van der Waals surface area contributed by atoms with Crippen LogP contribution in [0.25, 0.3) is 116 Å². The van der Waals surface area contributed by atoms with Gasteiger partial charge in [0.25, 0.3) is 6.71 Å². The molecule has 17 rings (SSSR count). The smallest absolute Gasteiger partial charge is 0.252 e. The maximum absolute atomic E-state index is 7.15. The number of nitrogens with zero attached hydrogens (tertiary/aromatic N) is 2. The van der Waals surface area contributed by atoms with E-state index in [1.165, 1.54) is 77.1 Å². The largest absolute Gasteiger partial charge is 0.456 e. The molecule has 2 aliphatic rings. The first-order chi connectivity index (χ1) is 44.8. The van der Waals surface area contributed by atoms with Crippen molar-refractivity contribution in [3.8, 4) is 72.4 Å². The quantitative estimate of drug-likeness (QED) is 0.131. The normalized spacial score (nSPS) is 12.6. The van der Waals surface area contributed by atoms with E-state index in [1.807, 2.05) is 0 Å². The average molecular weight is 1170 g/mol. The van der Waals surface area contributed by atoms with Crippen molar-refractivity contribution in [3.63, 3.8) is 0 Å². The van der Waals surface area contributed by atoms with E-state index in [1.54, 1.807) is 0 Å². The first-order valence-corrected chi connectivity index (χ1v) is 32.2. The average Bonchev–Trinajstić information content (AvgIpc) is 0.980. The zero-order chi connectivity index (χ0) is 60.9. The van der Waals surface area contributed by atoms with Crippen molar-refractivity contribution in [2.45, 2.75) is 52.4 Å². The van der Waals surface area contributed by atoms with E-state index in [0.717, 1.165) is 114 Å². The summed E-state index contributed by atoms with van der Waals surface area (Å²) in [5.74, 6) is 0. The third-order valence-corrected chi connectivity index (χ3v) is 19.3. The second-order valence-electron chi connectivity index (χ2n) is 25.8. The Balaban J connectivity index is 1.03. The summed E-state index contributed by atoms with van der Waals surface area (Å²) in [5.41, 5.74) is 30.9. The third kappa shape index (κ3) is 8.97. The predicted molar refractivity (Wildman–Crippen MR) is 387 cm³/mol. The van der Waals surface area contributed by atoms with Crippen molar-refractivity contribution in [2.75, 3.05) is 10.2 Å². The van der Waals surface area contributed by atoms with Gasteiger partial charge >= 0.3 is 0 Å². The molecular formula is C86H66BN3O. The van der Waals surface area contributed by atoms with Crippen molar-refractivity contribution in [1.29, 1.82) is 0 Å². The van der Waals surface area contributed by atoms with E-state index in [9.17, 15) is 0 Å². The second kappa shape index (κ2) is 21.7. The molecule has 0 unspecified atom stereocenters. The molecule has 2 aliphatic heterocycles. The van der Waals surface area contributed by atoms with Gasteiger partial charge in [-0.2, -0.15) is 0 Å². The zero-order valence-corrected chi connectivity index (χ0v) is 51.6. The van der Waals surface area contributed by atoms with Gasteiger partial charge in [0.2, 0.25) is 0 Å². The van der Waals surface area contributed by atoms with Crippen LogP contribution in [-0.2, 0) is 11.8 Å². The number of hydrogen-bond acceptors (Lipinski definition) is 3. The minimum Gasteiger partial charge on any atom is -0.456 e. The molecule has 0 bridgehead atoms. The molecule has 0 fully saturated rings. The van der Waals surface area contributed by atoms with Crippen LogP contribution in [0.15, 0.2) is 290 Å². The number of hydrogen-bond donors (Lipinski definition) is 1. The number of aryl methyl sites for hydroxylation is 1. The van der Waals surface area contributed by atoms with Gasteiger partial charge < -0.3 is 19.2 Å². The molecule has 0 spiro atoms. The third-order valence-electron chi connectivity index (χ3n) is 19.3. The maximum atomic E-state index is 7.15. The lowest BCUT2D eigenvalue weighted by atomic mass is 9.33. The lowest BCUT2D eigenvalue weighted by Gasteiger charge is -2.43. The summed E-state index contributed by atoms with van der Waals surface area (Å²) in [4.78, 5) is 2.68. The fourth-order valence-corrected chi connectivity index (χ4v) is 15.0. The minimum absolute atomic E-state index is 0.214. The van der Waals surface area contributed by atoms with E-state index in [2.05, 4.69) is 328 Å². The van der Waals surface area contributed by atoms with E-state index in [0.29, 0.717) is 0 Å². The molecule has 0 radical (unpaired) electrons. The second-order valence-corrected chi connectivity index (χ2v) is 25.8. The molecule has 0 saturated heterocycles. The molecule has 1 N–H and O–H groups in total. The molecular weight excluding hydrogens is 1100 g/mol. The Bertz CT molecular complexity index is 5220. The van der Waals surface area contributed by atoms with Crippen molar-refractivity contribution < 1.29 is 4.42 Å². The van der Waals surface area contributed by atoms with Crippen LogP contribution in [0.3, 0.4) is 0 Å². The van der Waals surface area contributed by atoms with E-state index in [4.69, 9.17) is 4.42 Å². The van der Waals surface area contributed by atoms with Crippen molar-refractivity contribution in [3.05, 3.63) is 296 Å². The Morgan fingerprint density at radius 2 is 0.945 bits per heavy atom. The van der Waals surface area contributed by atoms with Crippen molar-refractivity contribution >= 4 is 95.3 Å². The number of aromatic nitrogens is 1.